The Morgan fingerprint density at radius 2 is 1.24 bits per heavy atom. The molecule has 0 saturated heterocycles. The molecule has 1 N–H and O–H groups in total. The molecule has 0 bridgehead atoms. The van der Waals surface area contributed by atoms with Crippen LogP contribution in [0.1, 0.15) is 172 Å². The third kappa shape index (κ3) is 10.3. The van der Waals surface area contributed by atoms with Gasteiger partial charge in [-0.2, -0.15) is 0 Å². The van der Waals surface area contributed by atoms with Gasteiger partial charge in [0.05, 0.1) is 6.10 Å². The lowest BCUT2D eigenvalue weighted by atomic mass is 9.61. The summed E-state index contributed by atoms with van der Waals surface area (Å²) < 4.78 is 10.8. The lowest BCUT2D eigenvalue weighted by molar-refractivity contribution is -0.156. The number of ketones is 1. The molecular weight excluding hydrogens is 576 g/mol. The number of esters is 2. The number of hydrogen-bond acceptors (Lipinski definition) is 6. The smallest absolute Gasteiger partial charge is 0.306 e. The van der Waals surface area contributed by atoms with Crippen molar-refractivity contribution in [1.29, 1.82) is 0 Å². The lowest BCUT2D eigenvalue weighted by Crippen LogP contribution is -2.41. The molecule has 6 nitrogen and oxygen atoms in total. The van der Waals surface area contributed by atoms with Crippen LogP contribution < -0.4 is 0 Å². The van der Waals surface area contributed by atoms with E-state index in [1.54, 1.807) is 0 Å². The van der Waals surface area contributed by atoms with Gasteiger partial charge >= 0.3 is 11.9 Å². The molecular formula is C40H70O6. The number of ether oxygens (including phenoxy) is 2. The van der Waals surface area contributed by atoms with Crippen LogP contribution in [0.4, 0.5) is 0 Å². The third-order valence-electron chi connectivity index (χ3n) is 12.4. The number of rotatable bonds is 10. The van der Waals surface area contributed by atoms with Gasteiger partial charge in [0.15, 0.2) is 0 Å². The molecule has 0 heterocycles. The first kappa shape index (κ1) is 39.0. The van der Waals surface area contributed by atoms with E-state index in [0.717, 1.165) is 57.8 Å². The minimum atomic E-state index is -0.392. The van der Waals surface area contributed by atoms with E-state index in [4.69, 9.17) is 9.47 Å². The quantitative estimate of drug-likeness (QED) is 0.238. The Bertz CT molecular complexity index is 1020. The molecule has 0 radical (unpaired) electrons. The van der Waals surface area contributed by atoms with Crippen molar-refractivity contribution >= 4 is 17.7 Å². The second-order valence-corrected chi connectivity index (χ2v) is 18.2. The van der Waals surface area contributed by atoms with Crippen LogP contribution in [0.25, 0.3) is 0 Å². The van der Waals surface area contributed by atoms with Gasteiger partial charge in [-0.25, -0.2) is 0 Å². The molecule has 6 heteroatoms. The molecule has 0 aromatic carbocycles. The van der Waals surface area contributed by atoms with Crippen LogP contribution in [0.2, 0.25) is 0 Å². The summed E-state index contributed by atoms with van der Waals surface area (Å²) in [4.78, 5) is 35.9. The molecule has 0 aliphatic heterocycles. The fraction of sp³-hybridized carbons (Fsp3) is 0.925. The Morgan fingerprint density at radius 1 is 0.761 bits per heavy atom. The van der Waals surface area contributed by atoms with E-state index < -0.39 is 5.60 Å². The summed E-state index contributed by atoms with van der Waals surface area (Å²) in [6.45, 7) is 20.9. The van der Waals surface area contributed by atoms with Crippen LogP contribution in [-0.2, 0) is 23.9 Å². The SMILES string of the molecule is C[C@H](CCCC(=O)OC(C)(C)C)[C@H]1CC[C@H]2C(=O)CCC[C@]12C.C[C@H](CCCC(=O)OC(C)(C)C)[C@H]1CC[C@H]2C(O)CCC[C@]12C. The van der Waals surface area contributed by atoms with E-state index in [9.17, 15) is 19.5 Å². The van der Waals surface area contributed by atoms with Gasteiger partial charge < -0.3 is 14.6 Å². The van der Waals surface area contributed by atoms with Crippen LogP contribution >= 0.6 is 0 Å². The van der Waals surface area contributed by atoms with Crippen LogP contribution in [0.15, 0.2) is 0 Å². The molecule has 4 saturated carbocycles. The Balaban J connectivity index is 0.000000250. The van der Waals surface area contributed by atoms with Crippen molar-refractivity contribution in [2.45, 2.75) is 189 Å². The Hall–Kier alpha value is -1.43. The maximum Gasteiger partial charge on any atom is 0.306 e. The molecule has 266 valence electrons. The van der Waals surface area contributed by atoms with Gasteiger partial charge in [-0.05, 0) is 159 Å². The number of aliphatic hydroxyl groups is 1. The van der Waals surface area contributed by atoms with E-state index >= 15 is 0 Å². The van der Waals surface area contributed by atoms with Gasteiger partial charge in [-0.1, -0.05) is 34.1 Å². The fourth-order valence-electron chi connectivity index (χ4n) is 10.4. The second kappa shape index (κ2) is 15.9. The maximum atomic E-state index is 12.2. The molecule has 4 aliphatic carbocycles. The summed E-state index contributed by atoms with van der Waals surface area (Å²) in [5, 5.41) is 10.3. The zero-order valence-corrected chi connectivity index (χ0v) is 31.3. The van der Waals surface area contributed by atoms with Gasteiger partial charge in [0.25, 0.3) is 0 Å². The number of fused-ring (bicyclic) bond motifs is 2. The highest BCUT2D eigenvalue weighted by Gasteiger charge is 2.53. The lowest BCUT2D eigenvalue weighted by Gasteiger charge is -2.45. The van der Waals surface area contributed by atoms with Crippen molar-refractivity contribution in [3.63, 3.8) is 0 Å². The van der Waals surface area contributed by atoms with Crippen molar-refractivity contribution in [2.75, 3.05) is 0 Å². The number of carbonyl (C=O) groups excluding carboxylic acids is 3. The fourth-order valence-corrected chi connectivity index (χ4v) is 10.4. The molecule has 4 aliphatic rings. The number of aliphatic hydroxyl groups excluding tert-OH is 1. The minimum Gasteiger partial charge on any atom is -0.460 e. The van der Waals surface area contributed by atoms with E-state index in [-0.39, 0.29) is 29.1 Å². The predicted octanol–water partition coefficient (Wildman–Crippen LogP) is 9.63. The second-order valence-electron chi connectivity index (χ2n) is 18.2. The first-order valence-electron chi connectivity index (χ1n) is 18.9. The molecule has 9 atom stereocenters. The van der Waals surface area contributed by atoms with Gasteiger partial charge in [0.1, 0.15) is 17.0 Å². The molecule has 4 fully saturated rings. The summed E-state index contributed by atoms with van der Waals surface area (Å²) in [7, 11) is 0. The van der Waals surface area contributed by atoms with Crippen LogP contribution in [-0.4, -0.2) is 40.1 Å². The van der Waals surface area contributed by atoms with Crippen LogP contribution in [0.5, 0.6) is 0 Å². The van der Waals surface area contributed by atoms with Gasteiger partial charge in [-0.15, -0.1) is 0 Å². The summed E-state index contributed by atoms with van der Waals surface area (Å²) in [5.74, 6) is 3.67. The van der Waals surface area contributed by atoms with Crippen molar-refractivity contribution in [2.24, 2.45) is 46.3 Å². The standard InChI is InChI=1S/C20H36O3.C20H34O3/c2*1-14(8-6-10-18(22)23-19(2,3)4)15-11-12-16-17(21)9-7-13-20(15,16)5/h14-17,21H,6-13H2,1-5H3;14-16H,6-13H2,1-5H3/t14-,15-,16+,17?,20-;14-,15-,16+,20-/m11/s1. The molecule has 4 rings (SSSR count). The Morgan fingerprint density at radius 3 is 1.76 bits per heavy atom. The van der Waals surface area contributed by atoms with Gasteiger partial charge in [0.2, 0.25) is 0 Å². The molecule has 0 amide bonds. The highest BCUT2D eigenvalue weighted by molar-refractivity contribution is 5.83. The van der Waals surface area contributed by atoms with E-state index in [1.807, 2.05) is 41.5 Å². The van der Waals surface area contributed by atoms with E-state index in [1.165, 1.54) is 32.1 Å². The van der Waals surface area contributed by atoms with E-state index in [0.29, 0.717) is 59.5 Å². The topological polar surface area (TPSA) is 89.9 Å². The number of hydrogen-bond donors (Lipinski definition) is 1. The Labute approximate surface area is 281 Å². The van der Waals surface area contributed by atoms with Crippen LogP contribution in [0.3, 0.4) is 0 Å². The monoisotopic (exact) mass is 647 g/mol. The minimum absolute atomic E-state index is 0.0756. The normalized spacial score (nSPS) is 34.1. The first-order chi connectivity index (χ1) is 21.3. The number of Topliss-reactive ketones (excluding diaryl/α,β-unsaturated/α-hetero) is 1. The highest BCUT2D eigenvalue weighted by atomic mass is 16.6. The summed E-state index contributed by atoms with van der Waals surface area (Å²) in [6.07, 6.45) is 16.0. The molecule has 1 unspecified atom stereocenters. The Kier molecular flexibility index (Phi) is 13.4. The summed E-state index contributed by atoms with van der Waals surface area (Å²) in [5.41, 5.74) is -0.256. The maximum absolute atomic E-state index is 12.2. The van der Waals surface area contributed by atoms with Crippen molar-refractivity contribution in [1.82, 2.24) is 0 Å². The molecule has 0 aromatic heterocycles. The highest BCUT2D eigenvalue weighted by Crippen LogP contribution is 2.59. The summed E-state index contributed by atoms with van der Waals surface area (Å²) >= 11 is 0. The van der Waals surface area contributed by atoms with E-state index in [2.05, 4.69) is 27.7 Å². The zero-order valence-electron chi connectivity index (χ0n) is 31.3. The van der Waals surface area contributed by atoms with Gasteiger partial charge in [0, 0.05) is 25.2 Å². The zero-order chi connectivity index (χ0) is 34.5. The third-order valence-corrected chi connectivity index (χ3v) is 12.4. The first-order valence-corrected chi connectivity index (χ1v) is 18.9. The molecule has 46 heavy (non-hydrogen) atoms. The molecule has 0 spiro atoms. The summed E-state index contributed by atoms with van der Waals surface area (Å²) in [6, 6.07) is 0. The van der Waals surface area contributed by atoms with Gasteiger partial charge in [-0.3, -0.25) is 14.4 Å². The number of carbonyl (C=O) groups is 3. The van der Waals surface area contributed by atoms with Crippen molar-refractivity contribution in [3.05, 3.63) is 0 Å². The van der Waals surface area contributed by atoms with Crippen LogP contribution in [0, 0.1) is 46.3 Å². The predicted molar refractivity (Wildman–Crippen MR) is 185 cm³/mol. The molecule has 0 aromatic rings. The average Bonchev–Trinajstić information content (AvgIpc) is 3.45. The van der Waals surface area contributed by atoms with Crippen molar-refractivity contribution in [3.8, 4) is 0 Å². The average molecular weight is 647 g/mol. The largest absolute Gasteiger partial charge is 0.460 e. The van der Waals surface area contributed by atoms with Crippen molar-refractivity contribution < 1.29 is 29.0 Å².